The van der Waals surface area contributed by atoms with E-state index in [1.807, 2.05) is 24.3 Å². The number of rotatable bonds is 11. The van der Waals surface area contributed by atoms with Crippen LogP contribution in [0.4, 0.5) is 20.3 Å². The number of amides is 3. The Labute approximate surface area is 350 Å². The highest BCUT2D eigenvalue weighted by Gasteiger charge is 2.33. The molecule has 5 aromatic rings. The number of hydrogen-bond donors (Lipinski definition) is 2. The molecule has 3 saturated heterocycles. The number of carbonyl (C=O) groups is 3. The molecule has 0 radical (unpaired) electrons. The van der Waals surface area contributed by atoms with Gasteiger partial charge in [-0.1, -0.05) is 12.1 Å². The van der Waals surface area contributed by atoms with Crippen LogP contribution >= 0.6 is 0 Å². The maximum Gasteiger partial charge on any atom is 0.329 e. The Balaban J connectivity index is 0.780. The largest absolute Gasteiger partial charge is 0.378 e. The van der Waals surface area contributed by atoms with E-state index in [4.69, 9.17) is 4.74 Å². The summed E-state index contributed by atoms with van der Waals surface area (Å²) < 4.78 is 40.3. The molecule has 2 N–H and O–H groups in total. The van der Waals surface area contributed by atoms with Crippen LogP contribution in [0.1, 0.15) is 91.5 Å². The van der Waals surface area contributed by atoms with Crippen molar-refractivity contribution in [1.82, 2.24) is 48.6 Å². The molecule has 17 nitrogen and oxygen atoms in total. The molecule has 4 fully saturated rings. The number of nitrogens with one attached hydrogen (secondary N) is 2. The van der Waals surface area contributed by atoms with E-state index in [0.29, 0.717) is 68.2 Å². The summed E-state index contributed by atoms with van der Waals surface area (Å²) in [5.41, 5.74) is 2.34. The molecule has 0 bridgehead atoms. The normalized spacial score (nSPS) is 22.2. The monoisotopic (exact) mass is 842 g/mol. The molecule has 0 spiro atoms. The number of halogens is 2. The number of alkyl halides is 2. The lowest BCUT2D eigenvalue weighted by molar-refractivity contribution is -0.135. The summed E-state index contributed by atoms with van der Waals surface area (Å²) in [7, 11) is 3.93. The third kappa shape index (κ3) is 8.17. The lowest BCUT2D eigenvalue weighted by Gasteiger charge is -2.39. The van der Waals surface area contributed by atoms with Crippen LogP contribution in [0.25, 0.3) is 16.7 Å². The Morgan fingerprint density at radius 3 is 2.52 bits per heavy atom. The first kappa shape index (κ1) is 40.9. The molecular weight excluding hydrogens is 791 g/mol. The third-order valence-electron chi connectivity index (χ3n) is 13.2. The average molecular weight is 843 g/mol. The topological polar surface area (TPSA) is 169 Å². The van der Waals surface area contributed by atoms with E-state index in [2.05, 4.69) is 47.6 Å². The van der Waals surface area contributed by atoms with Crippen LogP contribution in [0, 0.1) is 5.92 Å². The van der Waals surface area contributed by atoms with Crippen molar-refractivity contribution in [3.8, 4) is 0 Å². The van der Waals surface area contributed by atoms with E-state index in [1.165, 1.54) is 21.5 Å². The Kier molecular flexibility index (Phi) is 11.4. The van der Waals surface area contributed by atoms with E-state index in [-0.39, 0.29) is 35.3 Å². The number of benzene rings is 1. The number of anilines is 2. The van der Waals surface area contributed by atoms with Gasteiger partial charge in [0.1, 0.15) is 17.4 Å². The molecule has 61 heavy (non-hydrogen) atoms. The molecule has 19 heteroatoms. The van der Waals surface area contributed by atoms with Crippen molar-refractivity contribution in [2.24, 2.45) is 13.0 Å². The van der Waals surface area contributed by atoms with Crippen LogP contribution in [0.3, 0.4) is 0 Å². The highest BCUT2D eigenvalue weighted by Crippen LogP contribution is 2.36. The molecule has 3 amide bonds. The lowest BCUT2D eigenvalue weighted by Crippen LogP contribution is -2.44. The Bertz CT molecular complexity index is 2490. The second-order valence-electron chi connectivity index (χ2n) is 17.0. The van der Waals surface area contributed by atoms with Crippen molar-refractivity contribution >= 4 is 45.9 Å². The van der Waals surface area contributed by atoms with Crippen LogP contribution in [-0.2, 0) is 27.9 Å². The number of nitrogens with zero attached hydrogens (tertiary/aromatic N) is 10. The highest BCUT2D eigenvalue weighted by molar-refractivity contribution is 6.08. The second-order valence-corrected chi connectivity index (χ2v) is 17.0. The quantitative estimate of drug-likeness (QED) is 0.185. The van der Waals surface area contributed by atoms with Gasteiger partial charge in [-0.25, -0.2) is 23.1 Å². The summed E-state index contributed by atoms with van der Waals surface area (Å²) in [6.45, 7) is 5.98. The Morgan fingerprint density at radius 2 is 1.79 bits per heavy atom. The summed E-state index contributed by atoms with van der Waals surface area (Å²) in [5.74, 6) is -0.163. The average Bonchev–Trinajstić information content (AvgIpc) is 3.96. The van der Waals surface area contributed by atoms with Gasteiger partial charge in [0.15, 0.2) is 11.3 Å². The third-order valence-corrected chi connectivity index (χ3v) is 13.2. The van der Waals surface area contributed by atoms with E-state index in [1.54, 1.807) is 22.5 Å². The summed E-state index contributed by atoms with van der Waals surface area (Å²) in [6, 6.07) is 7.34. The van der Waals surface area contributed by atoms with Gasteiger partial charge >= 0.3 is 5.69 Å². The molecule has 7 heterocycles. The zero-order chi connectivity index (χ0) is 42.4. The van der Waals surface area contributed by atoms with Crippen molar-refractivity contribution in [1.29, 1.82) is 0 Å². The van der Waals surface area contributed by atoms with Crippen LogP contribution in [0.2, 0.25) is 0 Å². The first-order valence-corrected chi connectivity index (χ1v) is 21.3. The van der Waals surface area contributed by atoms with Gasteiger partial charge < -0.3 is 19.9 Å². The molecule has 1 unspecified atom stereocenters. The van der Waals surface area contributed by atoms with Crippen molar-refractivity contribution in [3.05, 3.63) is 70.2 Å². The number of aryl methyl sites for hydroxylation is 1. The fraction of sp³-hybridized carbons (Fsp3) is 0.548. The Morgan fingerprint density at radius 1 is 1.02 bits per heavy atom. The molecule has 4 aliphatic rings. The maximum atomic E-state index is 14.3. The minimum Gasteiger partial charge on any atom is -0.378 e. The number of fused-ring (bicyclic) bond motifs is 2. The predicted octanol–water partition coefficient (Wildman–Crippen LogP) is 3.91. The number of imidazole rings is 1. The van der Waals surface area contributed by atoms with Gasteiger partial charge in [0.2, 0.25) is 11.8 Å². The van der Waals surface area contributed by atoms with Gasteiger partial charge in [0.05, 0.1) is 42.2 Å². The maximum absolute atomic E-state index is 14.3. The van der Waals surface area contributed by atoms with Gasteiger partial charge in [-0.05, 0) is 88.7 Å². The number of aromatic nitrogens is 7. The van der Waals surface area contributed by atoms with Crippen LogP contribution < -0.4 is 21.2 Å². The summed E-state index contributed by atoms with van der Waals surface area (Å²) in [4.78, 5) is 63.0. The van der Waals surface area contributed by atoms with Crippen molar-refractivity contribution in [2.45, 2.75) is 82.5 Å². The number of imide groups is 1. The number of para-hydroxylation sites is 1. The molecule has 324 valence electrons. The van der Waals surface area contributed by atoms with E-state index >= 15 is 0 Å². The van der Waals surface area contributed by atoms with Crippen molar-refractivity contribution in [2.75, 3.05) is 63.2 Å². The fourth-order valence-corrected chi connectivity index (χ4v) is 9.81. The molecule has 3 aliphatic heterocycles. The summed E-state index contributed by atoms with van der Waals surface area (Å²) in [5, 5.41) is 13.6. The van der Waals surface area contributed by atoms with E-state index in [0.717, 1.165) is 69.2 Å². The predicted molar refractivity (Wildman–Crippen MR) is 222 cm³/mol. The van der Waals surface area contributed by atoms with E-state index in [9.17, 15) is 28.0 Å². The molecular formula is C42H52F2N12O5. The standard InChI is InChI=1S/C42H52F2N12O5/c1-50(28-12-15-52(16-13-28)24-27-4-3-5-32-37(27)51(2)42(60)56(32)33-10-11-35(57)48-41(33)59)23-26-6-8-29(9-7-26)55-25-31(36(49-55)38(43)44)46-40(58)30-22-45-54-17-14-34(47-39(30)54)53-18-20-61-21-19-53/h3-5,14,17,22,25-26,28-29,33,38H,6-13,15-16,18-21,23-24H2,1-2H3,(H,46,58)(H,48,57,59)/t26-,29-,33?. The molecule has 1 atom stereocenters. The minimum atomic E-state index is -2.86. The van der Waals surface area contributed by atoms with Crippen LogP contribution in [-0.4, -0.2) is 120 Å². The molecule has 4 aromatic heterocycles. The highest BCUT2D eigenvalue weighted by atomic mass is 19.3. The lowest BCUT2D eigenvalue weighted by atomic mass is 9.85. The zero-order valence-electron chi connectivity index (χ0n) is 34.5. The van der Waals surface area contributed by atoms with Crippen molar-refractivity contribution < 1.29 is 27.9 Å². The number of ether oxygens (including phenoxy) is 1. The fourth-order valence-electron chi connectivity index (χ4n) is 9.81. The smallest absolute Gasteiger partial charge is 0.329 e. The molecule has 1 saturated carbocycles. The molecule has 1 aromatic carbocycles. The first-order chi connectivity index (χ1) is 29.5. The van der Waals surface area contributed by atoms with E-state index < -0.39 is 30.0 Å². The van der Waals surface area contributed by atoms with Gasteiger partial charge in [0, 0.05) is 58.1 Å². The number of morpholine rings is 1. The Hall–Kier alpha value is -5.53. The first-order valence-electron chi connectivity index (χ1n) is 21.3. The van der Waals surface area contributed by atoms with Crippen molar-refractivity contribution in [3.63, 3.8) is 0 Å². The zero-order valence-corrected chi connectivity index (χ0v) is 34.5. The molecule has 9 rings (SSSR count). The summed E-state index contributed by atoms with van der Waals surface area (Å²) in [6.07, 6.45) is 7.81. The van der Waals surface area contributed by atoms with Gasteiger partial charge in [-0.3, -0.25) is 38.4 Å². The van der Waals surface area contributed by atoms with Crippen LogP contribution in [0.5, 0.6) is 0 Å². The number of hydrogen-bond acceptors (Lipinski definition) is 11. The van der Waals surface area contributed by atoms with Crippen LogP contribution in [0.15, 0.2) is 47.7 Å². The van der Waals surface area contributed by atoms with Gasteiger partial charge in [0.25, 0.3) is 12.3 Å². The molecule has 1 aliphatic carbocycles. The second kappa shape index (κ2) is 17.1. The van der Waals surface area contributed by atoms with Gasteiger partial charge in [-0.15, -0.1) is 0 Å². The SMILES string of the molecule is CN(C[C@H]1CC[C@H](n2cc(NC(=O)c3cnn4ccc(N5CCOCC5)nc34)c(C(F)F)n2)CC1)C1CCN(Cc2cccc3c2n(C)c(=O)n3C2CCC(=O)NC2=O)CC1. The minimum absolute atomic E-state index is 0.0109. The number of carbonyl (C=O) groups excluding carboxylic acids is 3. The summed E-state index contributed by atoms with van der Waals surface area (Å²) >= 11 is 0. The number of piperidine rings is 2. The van der Waals surface area contributed by atoms with Gasteiger partial charge in [-0.2, -0.15) is 10.2 Å². The number of likely N-dealkylation sites (tertiary alicyclic amines) is 1.